The smallest absolute Gasteiger partial charge is 0.224 e. The van der Waals surface area contributed by atoms with Crippen LogP contribution in [0.1, 0.15) is 17.5 Å². The summed E-state index contributed by atoms with van der Waals surface area (Å²) in [5.41, 5.74) is 3.04. The Hall–Kier alpha value is -2.49. The molecule has 0 saturated heterocycles. The fourth-order valence-corrected chi connectivity index (χ4v) is 2.45. The lowest BCUT2D eigenvalue weighted by Crippen LogP contribution is -2.15. The summed E-state index contributed by atoms with van der Waals surface area (Å²) in [5, 5.41) is 2.92. The van der Waals surface area contributed by atoms with Crippen molar-refractivity contribution in [3.63, 3.8) is 0 Å². The molecule has 2 aromatic carbocycles. The normalized spacial score (nSPS) is 12.8. The predicted molar refractivity (Wildman–Crippen MR) is 85.6 cm³/mol. The molecule has 0 atom stereocenters. The van der Waals surface area contributed by atoms with Crippen LogP contribution in [0.25, 0.3) is 0 Å². The molecule has 0 aliphatic carbocycles. The molecule has 114 valence electrons. The fraction of sp³-hybridized carbons (Fsp3) is 0.278. The molecule has 2 aromatic rings. The quantitative estimate of drug-likeness (QED) is 0.941. The van der Waals surface area contributed by atoms with Gasteiger partial charge in [-0.1, -0.05) is 18.2 Å². The van der Waals surface area contributed by atoms with Gasteiger partial charge in [-0.05, 0) is 48.7 Å². The molecule has 1 aliphatic heterocycles. The van der Waals surface area contributed by atoms with Crippen molar-refractivity contribution < 1.29 is 14.3 Å². The van der Waals surface area contributed by atoms with Crippen LogP contribution in [0, 0.1) is 6.92 Å². The maximum Gasteiger partial charge on any atom is 0.224 e. The van der Waals surface area contributed by atoms with Crippen molar-refractivity contribution in [2.24, 2.45) is 0 Å². The number of anilines is 1. The van der Waals surface area contributed by atoms with Gasteiger partial charge in [0.05, 0.1) is 0 Å². The Kier molecular flexibility index (Phi) is 4.28. The van der Waals surface area contributed by atoms with Gasteiger partial charge >= 0.3 is 0 Å². The second-order valence-corrected chi connectivity index (χ2v) is 5.40. The fourth-order valence-electron chi connectivity index (χ4n) is 2.45. The van der Waals surface area contributed by atoms with Crippen LogP contribution in [-0.4, -0.2) is 19.1 Å². The van der Waals surface area contributed by atoms with Crippen LogP contribution in [0.3, 0.4) is 0 Å². The van der Waals surface area contributed by atoms with Crippen molar-refractivity contribution in [3.05, 3.63) is 53.6 Å². The van der Waals surface area contributed by atoms with Crippen LogP contribution in [-0.2, 0) is 11.2 Å². The summed E-state index contributed by atoms with van der Waals surface area (Å²) in [6.07, 6.45) is 1.11. The summed E-state index contributed by atoms with van der Waals surface area (Å²) in [5.74, 6) is 1.56. The van der Waals surface area contributed by atoms with E-state index in [0.29, 0.717) is 26.1 Å². The summed E-state index contributed by atoms with van der Waals surface area (Å²) in [4.78, 5) is 12.0. The topological polar surface area (TPSA) is 47.6 Å². The number of hydrogen-bond acceptors (Lipinski definition) is 3. The van der Waals surface area contributed by atoms with Crippen molar-refractivity contribution >= 4 is 11.6 Å². The highest BCUT2D eigenvalue weighted by atomic mass is 16.6. The van der Waals surface area contributed by atoms with Gasteiger partial charge in [0.25, 0.3) is 0 Å². The Bertz CT molecular complexity index is 682. The van der Waals surface area contributed by atoms with E-state index in [2.05, 4.69) is 5.32 Å². The lowest BCUT2D eigenvalue weighted by Gasteiger charge is -2.18. The van der Waals surface area contributed by atoms with Crippen molar-refractivity contribution in [2.45, 2.75) is 19.8 Å². The third-order valence-corrected chi connectivity index (χ3v) is 3.55. The molecular weight excluding hydrogens is 278 g/mol. The monoisotopic (exact) mass is 297 g/mol. The van der Waals surface area contributed by atoms with E-state index in [0.717, 1.165) is 28.3 Å². The van der Waals surface area contributed by atoms with Crippen LogP contribution in [0.4, 0.5) is 5.69 Å². The number of rotatable bonds is 4. The number of ether oxygens (including phenoxy) is 2. The van der Waals surface area contributed by atoms with Crippen molar-refractivity contribution in [2.75, 3.05) is 18.5 Å². The molecule has 0 bridgehead atoms. The number of fused-ring (bicyclic) bond motifs is 1. The molecule has 1 aliphatic rings. The summed E-state index contributed by atoms with van der Waals surface area (Å²) < 4.78 is 11.0. The van der Waals surface area contributed by atoms with Gasteiger partial charge in [0.2, 0.25) is 5.91 Å². The SMILES string of the molecule is Cc1cccc(NC(=O)CCc2ccc3c(c2)OCCO3)c1. The van der Waals surface area contributed by atoms with Gasteiger partial charge in [0, 0.05) is 12.1 Å². The Morgan fingerprint density at radius 3 is 2.73 bits per heavy atom. The summed E-state index contributed by atoms with van der Waals surface area (Å²) in [6, 6.07) is 13.6. The Morgan fingerprint density at radius 1 is 1.09 bits per heavy atom. The minimum atomic E-state index is 0.0143. The van der Waals surface area contributed by atoms with E-state index in [1.165, 1.54) is 0 Å². The Labute approximate surface area is 130 Å². The van der Waals surface area contributed by atoms with Gasteiger partial charge in [0.1, 0.15) is 13.2 Å². The maximum atomic E-state index is 12.0. The molecule has 0 aromatic heterocycles. The van der Waals surface area contributed by atoms with Crippen molar-refractivity contribution in [3.8, 4) is 11.5 Å². The maximum absolute atomic E-state index is 12.0. The minimum absolute atomic E-state index is 0.0143. The highest BCUT2D eigenvalue weighted by Gasteiger charge is 2.12. The molecule has 0 fully saturated rings. The number of carbonyl (C=O) groups is 1. The number of amides is 1. The third kappa shape index (κ3) is 3.58. The predicted octanol–water partition coefficient (Wildman–Crippen LogP) is 3.34. The molecule has 4 nitrogen and oxygen atoms in total. The van der Waals surface area contributed by atoms with E-state index in [-0.39, 0.29) is 5.91 Å². The number of carbonyl (C=O) groups excluding carboxylic acids is 1. The van der Waals surface area contributed by atoms with Gasteiger partial charge in [0.15, 0.2) is 11.5 Å². The molecule has 1 heterocycles. The second kappa shape index (κ2) is 6.52. The van der Waals surface area contributed by atoms with Gasteiger partial charge in [-0.15, -0.1) is 0 Å². The highest BCUT2D eigenvalue weighted by Crippen LogP contribution is 2.31. The first-order chi connectivity index (χ1) is 10.7. The van der Waals surface area contributed by atoms with Crippen molar-refractivity contribution in [1.29, 1.82) is 0 Å². The first kappa shape index (κ1) is 14.4. The van der Waals surface area contributed by atoms with Crippen LogP contribution in [0.15, 0.2) is 42.5 Å². The summed E-state index contributed by atoms with van der Waals surface area (Å²) in [7, 11) is 0. The lowest BCUT2D eigenvalue weighted by atomic mass is 10.1. The van der Waals surface area contributed by atoms with E-state index in [4.69, 9.17) is 9.47 Å². The van der Waals surface area contributed by atoms with E-state index in [1.54, 1.807) is 0 Å². The summed E-state index contributed by atoms with van der Waals surface area (Å²) in [6.45, 7) is 3.17. The molecule has 3 rings (SSSR count). The molecule has 4 heteroatoms. The zero-order chi connectivity index (χ0) is 15.4. The number of aryl methyl sites for hydroxylation is 2. The summed E-state index contributed by atoms with van der Waals surface area (Å²) >= 11 is 0. The average molecular weight is 297 g/mol. The van der Waals surface area contributed by atoms with Crippen LogP contribution in [0.5, 0.6) is 11.5 Å². The highest BCUT2D eigenvalue weighted by molar-refractivity contribution is 5.90. The van der Waals surface area contributed by atoms with Gasteiger partial charge < -0.3 is 14.8 Å². The van der Waals surface area contributed by atoms with Crippen LogP contribution in [0.2, 0.25) is 0 Å². The number of nitrogens with one attached hydrogen (secondary N) is 1. The molecule has 0 unspecified atom stereocenters. The molecular formula is C18H19NO3. The molecule has 0 spiro atoms. The first-order valence-corrected chi connectivity index (χ1v) is 7.46. The molecule has 0 saturated carbocycles. The van der Waals surface area contributed by atoms with E-state index >= 15 is 0 Å². The zero-order valence-electron chi connectivity index (χ0n) is 12.6. The molecule has 1 N–H and O–H groups in total. The average Bonchev–Trinajstić information content (AvgIpc) is 2.53. The zero-order valence-corrected chi connectivity index (χ0v) is 12.6. The number of benzene rings is 2. The lowest BCUT2D eigenvalue weighted by molar-refractivity contribution is -0.116. The third-order valence-electron chi connectivity index (χ3n) is 3.55. The molecule has 1 amide bonds. The van der Waals surface area contributed by atoms with Crippen molar-refractivity contribution in [1.82, 2.24) is 0 Å². The second-order valence-electron chi connectivity index (χ2n) is 5.40. The van der Waals surface area contributed by atoms with Gasteiger partial charge in [-0.2, -0.15) is 0 Å². The standard InChI is InChI=1S/C18H19NO3/c1-13-3-2-4-15(11-13)19-18(20)8-6-14-5-7-16-17(12-14)22-10-9-21-16/h2-5,7,11-12H,6,8-10H2,1H3,(H,19,20). The Morgan fingerprint density at radius 2 is 1.91 bits per heavy atom. The van der Waals surface area contributed by atoms with E-state index < -0.39 is 0 Å². The molecule has 22 heavy (non-hydrogen) atoms. The minimum Gasteiger partial charge on any atom is -0.486 e. The largest absolute Gasteiger partial charge is 0.486 e. The van der Waals surface area contributed by atoms with Crippen LogP contribution >= 0.6 is 0 Å². The molecule has 0 radical (unpaired) electrons. The number of hydrogen-bond donors (Lipinski definition) is 1. The van der Waals surface area contributed by atoms with E-state index in [9.17, 15) is 4.79 Å². The first-order valence-electron chi connectivity index (χ1n) is 7.46. The van der Waals surface area contributed by atoms with Crippen LogP contribution < -0.4 is 14.8 Å². The van der Waals surface area contributed by atoms with Gasteiger partial charge in [-0.3, -0.25) is 4.79 Å². The Balaban J connectivity index is 1.57. The van der Waals surface area contributed by atoms with E-state index in [1.807, 2.05) is 49.4 Å². The van der Waals surface area contributed by atoms with Gasteiger partial charge in [-0.25, -0.2) is 0 Å².